The van der Waals surface area contributed by atoms with Crippen molar-refractivity contribution in [2.75, 3.05) is 26.2 Å². The largest absolute Gasteiger partial charge is 0.315 e. The third-order valence-corrected chi connectivity index (χ3v) is 3.74. The molecule has 1 N–H and O–H groups in total. The van der Waals surface area contributed by atoms with Gasteiger partial charge in [0.05, 0.1) is 0 Å². The molecular formula is C15H32N2. The molecule has 2 nitrogen and oxygen atoms in total. The van der Waals surface area contributed by atoms with Gasteiger partial charge in [-0.2, -0.15) is 0 Å². The van der Waals surface area contributed by atoms with Crippen LogP contribution in [0.2, 0.25) is 0 Å². The number of rotatable bonds is 9. The molecule has 0 aliphatic heterocycles. The molecule has 1 atom stereocenters. The summed E-state index contributed by atoms with van der Waals surface area (Å²) < 4.78 is 0. The van der Waals surface area contributed by atoms with E-state index in [1.54, 1.807) is 0 Å². The van der Waals surface area contributed by atoms with Crippen LogP contribution in [0.1, 0.15) is 47.5 Å². The second-order valence-corrected chi connectivity index (χ2v) is 6.39. The minimum atomic E-state index is 0.708. The van der Waals surface area contributed by atoms with E-state index in [1.807, 2.05) is 0 Å². The lowest BCUT2D eigenvalue weighted by molar-refractivity contribution is 0.151. The number of hydrogen-bond acceptors (Lipinski definition) is 2. The summed E-state index contributed by atoms with van der Waals surface area (Å²) in [5.41, 5.74) is 0. The minimum absolute atomic E-state index is 0.708. The van der Waals surface area contributed by atoms with E-state index in [1.165, 1.54) is 25.9 Å². The Hall–Kier alpha value is -0.0800. The molecule has 0 bridgehead atoms. The summed E-state index contributed by atoms with van der Waals surface area (Å²) in [5.74, 6) is 2.50. The Labute approximate surface area is 108 Å². The molecule has 1 aliphatic carbocycles. The van der Waals surface area contributed by atoms with Crippen LogP contribution in [-0.4, -0.2) is 37.1 Å². The summed E-state index contributed by atoms with van der Waals surface area (Å²) in [6.45, 7) is 16.4. The fourth-order valence-electron chi connectivity index (χ4n) is 2.44. The first-order valence-electron chi connectivity index (χ1n) is 7.49. The maximum atomic E-state index is 3.63. The Morgan fingerprint density at radius 1 is 1.12 bits per heavy atom. The molecule has 0 saturated heterocycles. The average molecular weight is 240 g/mol. The van der Waals surface area contributed by atoms with E-state index in [-0.39, 0.29) is 0 Å². The zero-order chi connectivity index (χ0) is 12.8. The van der Waals surface area contributed by atoms with Crippen LogP contribution >= 0.6 is 0 Å². The second kappa shape index (κ2) is 7.38. The third-order valence-electron chi connectivity index (χ3n) is 3.74. The van der Waals surface area contributed by atoms with Crippen LogP contribution in [0.5, 0.6) is 0 Å². The summed E-state index contributed by atoms with van der Waals surface area (Å²) in [6.07, 6.45) is 2.92. The molecule has 0 amide bonds. The van der Waals surface area contributed by atoms with Crippen molar-refractivity contribution in [2.45, 2.75) is 53.5 Å². The van der Waals surface area contributed by atoms with Crippen LogP contribution in [0.15, 0.2) is 0 Å². The van der Waals surface area contributed by atoms with E-state index in [4.69, 9.17) is 0 Å². The Morgan fingerprint density at radius 2 is 1.76 bits per heavy atom. The van der Waals surface area contributed by atoms with Gasteiger partial charge in [-0.15, -0.1) is 0 Å². The maximum Gasteiger partial charge on any atom is 0.0243 e. The summed E-state index contributed by atoms with van der Waals surface area (Å²) >= 11 is 0. The topological polar surface area (TPSA) is 15.3 Å². The lowest BCUT2D eigenvalue weighted by Crippen LogP contribution is -2.47. The van der Waals surface area contributed by atoms with Crippen molar-refractivity contribution in [3.05, 3.63) is 0 Å². The first-order chi connectivity index (χ1) is 8.04. The Balaban J connectivity index is 2.37. The lowest BCUT2D eigenvalue weighted by Gasteiger charge is -2.34. The molecule has 0 aromatic heterocycles. The molecular weight excluding hydrogens is 208 g/mol. The van der Waals surface area contributed by atoms with E-state index in [0.717, 1.165) is 30.8 Å². The number of likely N-dealkylation sites (N-methyl/N-ethyl adjacent to an activating group) is 1. The van der Waals surface area contributed by atoms with Crippen molar-refractivity contribution in [1.82, 2.24) is 10.2 Å². The van der Waals surface area contributed by atoms with Crippen molar-refractivity contribution in [1.29, 1.82) is 0 Å². The van der Waals surface area contributed by atoms with E-state index < -0.39 is 0 Å². The van der Waals surface area contributed by atoms with Crippen molar-refractivity contribution in [3.63, 3.8) is 0 Å². The molecule has 2 heteroatoms. The van der Waals surface area contributed by atoms with E-state index in [9.17, 15) is 0 Å². The van der Waals surface area contributed by atoms with Crippen LogP contribution < -0.4 is 5.32 Å². The monoisotopic (exact) mass is 240 g/mol. The third kappa shape index (κ3) is 5.87. The summed E-state index contributed by atoms with van der Waals surface area (Å²) in [7, 11) is 0. The van der Waals surface area contributed by atoms with Gasteiger partial charge in [-0.3, -0.25) is 4.90 Å². The van der Waals surface area contributed by atoms with Gasteiger partial charge in [0.2, 0.25) is 0 Å². The predicted molar refractivity (Wildman–Crippen MR) is 76.3 cm³/mol. The van der Waals surface area contributed by atoms with Gasteiger partial charge in [-0.05, 0) is 43.7 Å². The molecule has 0 heterocycles. The fraction of sp³-hybridized carbons (Fsp3) is 1.00. The summed E-state index contributed by atoms with van der Waals surface area (Å²) in [4.78, 5) is 2.69. The minimum Gasteiger partial charge on any atom is -0.315 e. The quantitative estimate of drug-likeness (QED) is 0.666. The molecule has 1 rings (SSSR count). The molecule has 1 fully saturated rings. The molecule has 102 valence electrons. The second-order valence-electron chi connectivity index (χ2n) is 6.39. The summed E-state index contributed by atoms with van der Waals surface area (Å²) in [5, 5.41) is 3.63. The predicted octanol–water partition coefficient (Wildman–Crippen LogP) is 2.99. The van der Waals surface area contributed by atoms with E-state index in [0.29, 0.717) is 6.04 Å². The first-order valence-corrected chi connectivity index (χ1v) is 7.49. The van der Waals surface area contributed by atoms with Gasteiger partial charge in [0.1, 0.15) is 0 Å². The van der Waals surface area contributed by atoms with Crippen LogP contribution in [0.25, 0.3) is 0 Å². The smallest absolute Gasteiger partial charge is 0.0243 e. The Bertz CT molecular complexity index is 197. The number of nitrogens with one attached hydrogen (secondary N) is 1. The molecule has 0 radical (unpaired) electrons. The molecule has 17 heavy (non-hydrogen) atoms. The van der Waals surface area contributed by atoms with Crippen molar-refractivity contribution in [2.24, 2.45) is 17.8 Å². The van der Waals surface area contributed by atoms with Gasteiger partial charge in [-0.25, -0.2) is 0 Å². The van der Waals surface area contributed by atoms with Gasteiger partial charge in [0.15, 0.2) is 0 Å². The maximum absolute atomic E-state index is 3.63. The zero-order valence-electron chi connectivity index (χ0n) is 12.5. The molecule has 0 aromatic carbocycles. The SMILES string of the molecule is CCN(CC1CC1)C(CNCC(C)C)C(C)C. The highest BCUT2D eigenvalue weighted by molar-refractivity contribution is 4.83. The highest BCUT2D eigenvalue weighted by Crippen LogP contribution is 2.30. The highest BCUT2D eigenvalue weighted by atomic mass is 15.2. The van der Waals surface area contributed by atoms with Gasteiger partial charge in [0, 0.05) is 19.1 Å². The molecule has 1 saturated carbocycles. The standard InChI is InChI=1S/C15H32N2/c1-6-17(11-14-7-8-14)15(13(4)5)10-16-9-12(2)3/h12-16H,6-11H2,1-5H3. The van der Waals surface area contributed by atoms with Crippen molar-refractivity contribution in [3.8, 4) is 0 Å². The zero-order valence-corrected chi connectivity index (χ0v) is 12.5. The molecule has 0 aromatic rings. The first kappa shape index (κ1) is 15.0. The fourth-order valence-corrected chi connectivity index (χ4v) is 2.44. The van der Waals surface area contributed by atoms with Crippen LogP contribution in [0.4, 0.5) is 0 Å². The van der Waals surface area contributed by atoms with E-state index in [2.05, 4.69) is 44.8 Å². The molecule has 1 unspecified atom stereocenters. The van der Waals surface area contributed by atoms with Gasteiger partial charge in [-0.1, -0.05) is 34.6 Å². The summed E-state index contributed by atoms with van der Waals surface area (Å²) in [6, 6.07) is 0.708. The molecule has 1 aliphatic rings. The molecule has 0 spiro atoms. The average Bonchev–Trinajstić information content (AvgIpc) is 3.04. The van der Waals surface area contributed by atoms with Gasteiger partial charge in [0.25, 0.3) is 0 Å². The van der Waals surface area contributed by atoms with Gasteiger partial charge < -0.3 is 5.32 Å². The normalized spacial score (nSPS) is 18.4. The lowest BCUT2D eigenvalue weighted by atomic mass is 10.0. The Kier molecular flexibility index (Phi) is 6.50. The van der Waals surface area contributed by atoms with Crippen LogP contribution in [0.3, 0.4) is 0 Å². The number of hydrogen-bond donors (Lipinski definition) is 1. The van der Waals surface area contributed by atoms with Crippen LogP contribution in [0, 0.1) is 17.8 Å². The van der Waals surface area contributed by atoms with Gasteiger partial charge >= 0.3 is 0 Å². The highest BCUT2D eigenvalue weighted by Gasteiger charge is 2.28. The van der Waals surface area contributed by atoms with Crippen molar-refractivity contribution < 1.29 is 0 Å². The van der Waals surface area contributed by atoms with Crippen molar-refractivity contribution >= 4 is 0 Å². The Morgan fingerprint density at radius 3 is 2.18 bits per heavy atom. The number of nitrogens with zero attached hydrogens (tertiary/aromatic N) is 1. The van der Waals surface area contributed by atoms with E-state index >= 15 is 0 Å². The van der Waals surface area contributed by atoms with Crippen LogP contribution in [-0.2, 0) is 0 Å².